The normalized spacial score (nSPS) is 24.4. The van der Waals surface area contributed by atoms with E-state index in [-0.39, 0.29) is 53.0 Å². The minimum Gasteiger partial charge on any atom is -0.459 e. The number of esters is 1. The van der Waals surface area contributed by atoms with Gasteiger partial charge in [0, 0.05) is 24.5 Å². The smallest absolute Gasteiger partial charge is 0.330 e. The highest BCUT2D eigenvalue weighted by molar-refractivity contribution is 6.74. The lowest BCUT2D eigenvalue weighted by atomic mass is 9.64. The van der Waals surface area contributed by atoms with E-state index >= 15 is 0 Å². The minimum absolute atomic E-state index is 0.0179. The van der Waals surface area contributed by atoms with Gasteiger partial charge in [-0.25, -0.2) is 4.79 Å². The van der Waals surface area contributed by atoms with E-state index in [1.807, 2.05) is 19.1 Å². The first-order valence-corrected chi connectivity index (χ1v) is 16.7. The zero-order valence-electron chi connectivity index (χ0n) is 24.5. The topological polar surface area (TPSA) is 55.8 Å². The Morgan fingerprint density at radius 2 is 1.72 bits per heavy atom. The molecule has 0 aliphatic heterocycles. The number of rotatable bonds is 10. The third kappa shape index (κ3) is 7.78. The zero-order chi connectivity index (χ0) is 27.3. The highest BCUT2D eigenvalue weighted by Crippen LogP contribution is 2.44. The number of hydrogen-bond donors (Lipinski definition) is 1. The monoisotopic (exact) mass is 516 g/mol. The van der Waals surface area contributed by atoms with Gasteiger partial charge in [0.15, 0.2) is 8.32 Å². The standard InChI is InChI=1S/C31H52O4Si/c1-22-16-18-26(31(7,8)25-14-12-11-13-15-25)27(20-22)34-28(33)19-17-23(2)29(24(3)21-32)35-36(9,10)30(4,5)6/h11-15,17,19,22-24,26-27,29,32H,16,18,20-21H2,1-10H3/b19-17+/t22-,23+,24-,26-,27?,29+/m1/s1. The van der Waals surface area contributed by atoms with E-state index in [2.05, 4.69) is 85.8 Å². The van der Waals surface area contributed by atoms with Gasteiger partial charge in [-0.15, -0.1) is 0 Å². The fourth-order valence-corrected chi connectivity index (χ4v) is 6.74. The Balaban J connectivity index is 2.16. The summed E-state index contributed by atoms with van der Waals surface area (Å²) in [5, 5.41) is 9.96. The van der Waals surface area contributed by atoms with Gasteiger partial charge in [-0.05, 0) is 53.8 Å². The maximum Gasteiger partial charge on any atom is 0.330 e. The summed E-state index contributed by atoms with van der Waals surface area (Å²) < 4.78 is 12.8. The minimum atomic E-state index is -2.03. The lowest BCUT2D eigenvalue weighted by molar-refractivity contribution is -0.150. The Bertz CT molecular complexity index is 855. The molecule has 0 saturated heterocycles. The van der Waals surface area contributed by atoms with Crippen LogP contribution in [0, 0.1) is 23.7 Å². The fraction of sp³-hybridized carbons (Fsp3) is 0.710. The number of aliphatic hydroxyl groups is 1. The van der Waals surface area contributed by atoms with E-state index in [9.17, 15) is 9.90 Å². The van der Waals surface area contributed by atoms with Crippen LogP contribution in [0.1, 0.15) is 80.2 Å². The van der Waals surface area contributed by atoms with E-state index in [0.717, 1.165) is 19.3 Å². The fourth-order valence-electron chi connectivity index (χ4n) is 5.26. The van der Waals surface area contributed by atoms with Crippen molar-refractivity contribution in [3.05, 3.63) is 48.0 Å². The molecule has 1 saturated carbocycles. The first-order valence-electron chi connectivity index (χ1n) is 13.8. The van der Waals surface area contributed by atoms with Crippen LogP contribution in [0.15, 0.2) is 42.5 Å². The molecule has 0 aromatic heterocycles. The number of ether oxygens (including phenoxy) is 1. The van der Waals surface area contributed by atoms with Crippen molar-refractivity contribution in [1.82, 2.24) is 0 Å². The van der Waals surface area contributed by atoms with Crippen LogP contribution in [0.25, 0.3) is 0 Å². The molecule has 204 valence electrons. The Morgan fingerprint density at radius 1 is 1.11 bits per heavy atom. The number of benzene rings is 1. The van der Waals surface area contributed by atoms with Crippen molar-refractivity contribution >= 4 is 14.3 Å². The molecule has 1 fully saturated rings. The molecule has 1 aliphatic rings. The molecule has 0 bridgehead atoms. The second kappa shape index (κ2) is 12.4. The Kier molecular flexibility index (Phi) is 10.6. The van der Waals surface area contributed by atoms with E-state index in [4.69, 9.17) is 9.16 Å². The van der Waals surface area contributed by atoms with E-state index in [0.29, 0.717) is 5.92 Å². The molecule has 0 radical (unpaired) electrons. The molecule has 1 unspecified atom stereocenters. The van der Waals surface area contributed by atoms with Crippen LogP contribution in [0.5, 0.6) is 0 Å². The first-order chi connectivity index (χ1) is 16.6. The van der Waals surface area contributed by atoms with Gasteiger partial charge in [0.05, 0.1) is 6.10 Å². The van der Waals surface area contributed by atoms with E-state index < -0.39 is 8.32 Å². The van der Waals surface area contributed by atoms with Crippen molar-refractivity contribution < 1.29 is 19.1 Å². The third-order valence-electron chi connectivity index (χ3n) is 8.91. The molecule has 1 N–H and O–H groups in total. The summed E-state index contributed by atoms with van der Waals surface area (Å²) in [6, 6.07) is 10.6. The van der Waals surface area contributed by atoms with Gasteiger partial charge < -0.3 is 14.3 Å². The summed E-state index contributed by atoms with van der Waals surface area (Å²) in [5.41, 5.74) is 1.21. The van der Waals surface area contributed by atoms with E-state index in [1.54, 1.807) is 6.08 Å². The maximum absolute atomic E-state index is 13.0. The van der Waals surface area contributed by atoms with Crippen molar-refractivity contribution in [2.24, 2.45) is 23.7 Å². The molecule has 1 aromatic rings. The predicted octanol–water partition coefficient (Wildman–Crippen LogP) is 7.52. The quantitative estimate of drug-likeness (QED) is 0.198. The molecule has 0 spiro atoms. The summed E-state index contributed by atoms with van der Waals surface area (Å²) in [7, 11) is -2.03. The van der Waals surface area contributed by atoms with Crippen molar-refractivity contribution in [3.8, 4) is 0 Å². The largest absolute Gasteiger partial charge is 0.459 e. The molecule has 2 rings (SSSR count). The summed E-state index contributed by atoms with van der Waals surface area (Å²) in [5.74, 6) is 0.495. The van der Waals surface area contributed by atoms with Crippen molar-refractivity contribution in [1.29, 1.82) is 0 Å². The van der Waals surface area contributed by atoms with Gasteiger partial charge >= 0.3 is 5.97 Å². The molecule has 1 aliphatic carbocycles. The Labute approximate surface area is 222 Å². The van der Waals surface area contributed by atoms with Crippen molar-refractivity contribution in [2.75, 3.05) is 6.61 Å². The predicted molar refractivity (Wildman–Crippen MR) is 152 cm³/mol. The van der Waals surface area contributed by atoms with Crippen LogP contribution < -0.4 is 0 Å². The summed E-state index contributed by atoms with van der Waals surface area (Å²) in [6.45, 7) is 22.1. The van der Waals surface area contributed by atoms with Gasteiger partial charge in [0.2, 0.25) is 0 Å². The lowest BCUT2D eigenvalue weighted by Crippen LogP contribution is -2.47. The van der Waals surface area contributed by atoms with Crippen LogP contribution in [-0.2, 0) is 19.4 Å². The molecule has 1 aromatic carbocycles. The highest BCUT2D eigenvalue weighted by Gasteiger charge is 2.42. The summed E-state index contributed by atoms with van der Waals surface area (Å²) in [4.78, 5) is 13.0. The molecule has 5 heteroatoms. The number of aliphatic hydroxyl groups excluding tert-OH is 1. The van der Waals surface area contributed by atoms with Gasteiger partial charge in [-0.1, -0.05) is 98.2 Å². The molecule has 36 heavy (non-hydrogen) atoms. The molecular formula is C31H52O4Si. The molecule has 0 heterocycles. The highest BCUT2D eigenvalue weighted by atomic mass is 28.4. The molecule has 4 nitrogen and oxygen atoms in total. The molecular weight excluding hydrogens is 464 g/mol. The average molecular weight is 517 g/mol. The van der Waals surface area contributed by atoms with Crippen LogP contribution in [-0.4, -0.2) is 38.2 Å². The maximum atomic E-state index is 13.0. The van der Waals surface area contributed by atoms with Crippen LogP contribution in [0.2, 0.25) is 18.1 Å². The Hall–Kier alpha value is -1.43. The van der Waals surface area contributed by atoms with Crippen LogP contribution >= 0.6 is 0 Å². The zero-order valence-corrected chi connectivity index (χ0v) is 25.5. The second-order valence-corrected chi connectivity index (χ2v) is 18.1. The first kappa shape index (κ1) is 30.8. The lowest BCUT2D eigenvalue weighted by Gasteiger charge is -2.43. The molecule has 0 amide bonds. The average Bonchev–Trinajstić information content (AvgIpc) is 2.80. The SMILES string of the molecule is C[C@@H]1CC[C@@H](C(C)(C)c2ccccc2)C(OC(=O)/C=C/[C@H](C)[C@H](O[Si](C)(C)C(C)(C)C)[C@H](C)CO)C1. The Morgan fingerprint density at radius 3 is 2.28 bits per heavy atom. The summed E-state index contributed by atoms with van der Waals surface area (Å²) in [6.07, 6.45) is 6.35. The number of carbonyl (C=O) groups excluding carboxylic acids is 1. The van der Waals surface area contributed by atoms with Crippen LogP contribution in [0.3, 0.4) is 0 Å². The molecule has 6 atom stereocenters. The van der Waals surface area contributed by atoms with Crippen molar-refractivity contribution in [3.63, 3.8) is 0 Å². The third-order valence-corrected chi connectivity index (χ3v) is 13.4. The summed E-state index contributed by atoms with van der Waals surface area (Å²) >= 11 is 0. The van der Waals surface area contributed by atoms with Gasteiger partial charge in [-0.3, -0.25) is 0 Å². The number of carbonyl (C=O) groups is 1. The van der Waals surface area contributed by atoms with Crippen molar-refractivity contribution in [2.45, 2.75) is 110 Å². The van der Waals surface area contributed by atoms with E-state index in [1.165, 1.54) is 5.56 Å². The van der Waals surface area contributed by atoms with Gasteiger partial charge in [0.1, 0.15) is 6.10 Å². The van der Waals surface area contributed by atoms with Crippen LogP contribution in [0.4, 0.5) is 0 Å². The van der Waals surface area contributed by atoms with Gasteiger partial charge in [0.25, 0.3) is 0 Å². The second-order valence-electron chi connectivity index (χ2n) is 13.3. The van der Waals surface area contributed by atoms with Gasteiger partial charge in [-0.2, -0.15) is 0 Å². The number of hydrogen-bond acceptors (Lipinski definition) is 4.